The molecule has 4 unspecified atom stereocenters. The van der Waals surface area contributed by atoms with Crippen LogP contribution in [0, 0.1) is 17.2 Å². The second-order valence-electron chi connectivity index (χ2n) is 4.99. The van der Waals surface area contributed by atoms with Crippen molar-refractivity contribution < 1.29 is 18.3 Å². The fourth-order valence-electron chi connectivity index (χ4n) is 2.64. The number of carbonyl (C=O) groups excluding carboxylic acids is 1. The topological polar surface area (TPSA) is 50.2 Å². The average Bonchev–Trinajstić information content (AvgIpc) is 2.33. The van der Waals surface area contributed by atoms with Gasteiger partial charge in [0.05, 0.1) is 13.5 Å². The predicted molar refractivity (Wildman–Crippen MR) is 65.3 cm³/mol. The number of ether oxygens (including phenoxy) is 1. The fourth-order valence-corrected chi connectivity index (χ4v) is 2.64. The largest absolute Gasteiger partial charge is 0.469 e. The van der Waals surface area contributed by atoms with Crippen molar-refractivity contribution in [1.82, 2.24) is 0 Å². The van der Waals surface area contributed by atoms with Gasteiger partial charge < -0.3 is 10.1 Å². The Morgan fingerprint density at radius 2 is 1.83 bits per heavy atom. The molecule has 1 fully saturated rings. The first-order valence-electron chi connectivity index (χ1n) is 6.39. The first-order valence-corrected chi connectivity index (χ1v) is 6.39. The van der Waals surface area contributed by atoms with Gasteiger partial charge in [0.1, 0.15) is 12.3 Å². The minimum atomic E-state index is -1.43. The van der Waals surface area contributed by atoms with Gasteiger partial charge >= 0.3 is 5.97 Å². The van der Waals surface area contributed by atoms with Gasteiger partial charge in [0.2, 0.25) is 0 Å². The van der Waals surface area contributed by atoms with E-state index in [2.05, 4.69) is 4.74 Å². The summed E-state index contributed by atoms with van der Waals surface area (Å²) in [6.07, 6.45) is -1.33. The number of nitrogens with one attached hydrogen (secondary N) is 1. The van der Waals surface area contributed by atoms with E-state index in [9.17, 15) is 13.6 Å². The Balaban J connectivity index is 2.53. The molecule has 0 radical (unpaired) electrons. The Bertz CT molecular complexity index is 309. The molecule has 1 aliphatic carbocycles. The van der Waals surface area contributed by atoms with Crippen LogP contribution in [0.4, 0.5) is 8.78 Å². The van der Waals surface area contributed by atoms with Crippen LogP contribution < -0.4 is 0 Å². The molecule has 5 heteroatoms. The maximum Gasteiger partial charge on any atom is 0.311 e. The van der Waals surface area contributed by atoms with Crippen molar-refractivity contribution in [2.45, 2.75) is 51.4 Å². The van der Waals surface area contributed by atoms with E-state index in [-0.39, 0.29) is 36.8 Å². The molecule has 1 rings (SSSR count). The van der Waals surface area contributed by atoms with Crippen LogP contribution in [-0.4, -0.2) is 31.1 Å². The number of halogens is 2. The first kappa shape index (κ1) is 15.1. The molecule has 0 amide bonds. The molecule has 0 bridgehead atoms. The molecule has 0 spiro atoms. The summed E-state index contributed by atoms with van der Waals surface area (Å²) in [5.41, 5.74) is 0.245. The number of carbonyl (C=O) groups is 1. The molecule has 1 aliphatic rings. The predicted octanol–water partition coefficient (Wildman–Crippen LogP) is 3.07. The highest BCUT2D eigenvalue weighted by Crippen LogP contribution is 2.37. The van der Waals surface area contributed by atoms with Crippen LogP contribution in [0.5, 0.6) is 0 Å². The number of hydrogen-bond donors (Lipinski definition) is 1. The van der Waals surface area contributed by atoms with Crippen LogP contribution in [0.3, 0.4) is 0 Å². The minimum absolute atomic E-state index is 0.0332. The lowest BCUT2D eigenvalue weighted by Gasteiger charge is -2.35. The van der Waals surface area contributed by atoms with E-state index < -0.39 is 18.3 Å². The van der Waals surface area contributed by atoms with Crippen molar-refractivity contribution in [3.63, 3.8) is 0 Å². The standard InChI is InChI=1S/C13H21F2NO2/c1-3-8-5-11(14)12(15)6-9(8)4-10(16)7-13(17)18-2/h8-9,11-12,16H,3-7H2,1-2H3. The van der Waals surface area contributed by atoms with Crippen LogP contribution in [-0.2, 0) is 9.53 Å². The van der Waals surface area contributed by atoms with Crippen LogP contribution in [0.25, 0.3) is 0 Å². The van der Waals surface area contributed by atoms with Crippen molar-refractivity contribution in [2.24, 2.45) is 11.8 Å². The third kappa shape index (κ3) is 4.03. The molecule has 104 valence electrons. The molecule has 3 nitrogen and oxygen atoms in total. The highest BCUT2D eigenvalue weighted by atomic mass is 19.2. The van der Waals surface area contributed by atoms with E-state index in [1.165, 1.54) is 7.11 Å². The number of rotatable bonds is 5. The summed E-state index contributed by atoms with van der Waals surface area (Å²) in [4.78, 5) is 11.0. The Hall–Kier alpha value is -1.00. The highest BCUT2D eigenvalue weighted by Gasteiger charge is 2.37. The summed E-state index contributed by atoms with van der Waals surface area (Å²) < 4.78 is 31.2. The van der Waals surface area contributed by atoms with E-state index in [4.69, 9.17) is 5.41 Å². The monoisotopic (exact) mass is 261 g/mol. The Morgan fingerprint density at radius 3 is 2.33 bits per heavy atom. The molecule has 1 N–H and O–H groups in total. The Labute approximate surface area is 106 Å². The van der Waals surface area contributed by atoms with Crippen molar-refractivity contribution in [2.75, 3.05) is 7.11 Å². The number of alkyl halides is 2. The highest BCUT2D eigenvalue weighted by molar-refractivity contribution is 5.97. The summed E-state index contributed by atoms with van der Waals surface area (Å²) in [5, 5.41) is 7.72. The molecule has 0 heterocycles. The number of hydrogen-bond acceptors (Lipinski definition) is 3. The molecule has 4 atom stereocenters. The van der Waals surface area contributed by atoms with Gasteiger partial charge in [-0.2, -0.15) is 0 Å². The van der Waals surface area contributed by atoms with E-state index in [0.29, 0.717) is 6.42 Å². The smallest absolute Gasteiger partial charge is 0.311 e. The Morgan fingerprint density at radius 1 is 1.28 bits per heavy atom. The SMILES string of the molecule is CCC1CC(F)C(F)CC1CC(=N)CC(=O)OC. The summed E-state index contributed by atoms with van der Waals surface area (Å²) in [5.74, 6) is -0.386. The molecule has 0 saturated heterocycles. The maximum atomic E-state index is 13.4. The van der Waals surface area contributed by atoms with Gasteiger partial charge in [0.25, 0.3) is 0 Å². The molecular formula is C13H21F2NO2. The van der Waals surface area contributed by atoms with Gasteiger partial charge in [-0.05, 0) is 31.1 Å². The summed E-state index contributed by atoms with van der Waals surface area (Å²) in [6.45, 7) is 1.95. The fraction of sp³-hybridized carbons (Fsp3) is 0.846. The van der Waals surface area contributed by atoms with Gasteiger partial charge in [-0.1, -0.05) is 13.3 Å². The lowest BCUT2D eigenvalue weighted by Crippen LogP contribution is -2.35. The molecule has 0 aromatic heterocycles. The van der Waals surface area contributed by atoms with E-state index in [1.807, 2.05) is 6.92 Å². The molecular weight excluding hydrogens is 240 g/mol. The molecule has 0 aromatic rings. The molecule has 18 heavy (non-hydrogen) atoms. The van der Waals surface area contributed by atoms with Gasteiger partial charge in [0.15, 0.2) is 0 Å². The molecule has 1 saturated carbocycles. The Kier molecular flexibility index (Phi) is 5.69. The second-order valence-corrected chi connectivity index (χ2v) is 4.99. The van der Waals surface area contributed by atoms with Gasteiger partial charge in [-0.25, -0.2) is 8.78 Å². The normalized spacial score (nSPS) is 32.0. The third-order valence-corrected chi connectivity index (χ3v) is 3.73. The first-order chi connectivity index (χ1) is 8.47. The lowest BCUT2D eigenvalue weighted by molar-refractivity contribution is -0.139. The van der Waals surface area contributed by atoms with Crippen molar-refractivity contribution in [3.8, 4) is 0 Å². The lowest BCUT2D eigenvalue weighted by atomic mass is 9.73. The van der Waals surface area contributed by atoms with Crippen molar-refractivity contribution >= 4 is 11.7 Å². The van der Waals surface area contributed by atoms with E-state index in [0.717, 1.165) is 6.42 Å². The van der Waals surface area contributed by atoms with Crippen LogP contribution in [0.2, 0.25) is 0 Å². The van der Waals surface area contributed by atoms with Crippen LogP contribution >= 0.6 is 0 Å². The van der Waals surface area contributed by atoms with E-state index >= 15 is 0 Å². The zero-order valence-electron chi connectivity index (χ0n) is 10.9. The molecule has 0 aliphatic heterocycles. The van der Waals surface area contributed by atoms with Gasteiger partial charge in [0, 0.05) is 5.71 Å². The third-order valence-electron chi connectivity index (χ3n) is 3.73. The van der Waals surface area contributed by atoms with Crippen LogP contribution in [0.15, 0.2) is 0 Å². The summed E-state index contributed by atoms with van der Waals surface area (Å²) in [7, 11) is 1.27. The van der Waals surface area contributed by atoms with Gasteiger partial charge in [-0.15, -0.1) is 0 Å². The maximum absolute atomic E-state index is 13.4. The number of methoxy groups -OCH3 is 1. The van der Waals surface area contributed by atoms with Crippen LogP contribution in [0.1, 0.15) is 39.0 Å². The summed E-state index contributed by atoms with van der Waals surface area (Å²) >= 11 is 0. The molecule has 0 aromatic carbocycles. The summed E-state index contributed by atoms with van der Waals surface area (Å²) in [6, 6.07) is 0. The average molecular weight is 261 g/mol. The zero-order chi connectivity index (χ0) is 13.7. The second kappa shape index (κ2) is 6.81. The minimum Gasteiger partial charge on any atom is -0.469 e. The zero-order valence-corrected chi connectivity index (χ0v) is 10.9. The van der Waals surface area contributed by atoms with Crippen molar-refractivity contribution in [3.05, 3.63) is 0 Å². The van der Waals surface area contributed by atoms with Gasteiger partial charge in [-0.3, -0.25) is 4.79 Å². The quantitative estimate of drug-likeness (QED) is 0.610. The number of esters is 1. The van der Waals surface area contributed by atoms with E-state index in [1.54, 1.807) is 0 Å². The van der Waals surface area contributed by atoms with Crippen molar-refractivity contribution in [1.29, 1.82) is 5.41 Å².